The van der Waals surface area contributed by atoms with Crippen molar-refractivity contribution in [3.63, 3.8) is 0 Å². The summed E-state index contributed by atoms with van der Waals surface area (Å²) in [5.74, 6) is -0.264. The molecule has 2 heterocycles. The number of benzene rings is 1. The van der Waals surface area contributed by atoms with Crippen molar-refractivity contribution in [2.24, 2.45) is 0 Å². The molecule has 0 aliphatic carbocycles. The maximum Gasteiger partial charge on any atom is 0.258 e. The molecule has 1 aromatic carbocycles. The Labute approximate surface area is 143 Å². The second kappa shape index (κ2) is 6.54. The van der Waals surface area contributed by atoms with Crippen LogP contribution < -0.4 is 5.32 Å². The van der Waals surface area contributed by atoms with E-state index in [0.29, 0.717) is 20.7 Å². The number of likely N-dealkylation sites (N-methyl/N-ethyl adjacent to an activating group) is 1. The summed E-state index contributed by atoms with van der Waals surface area (Å²) in [6, 6.07) is 4.82. The fourth-order valence-corrected chi connectivity index (χ4v) is 3.95. The van der Waals surface area contributed by atoms with E-state index in [1.807, 2.05) is 0 Å². The third-order valence-corrected chi connectivity index (χ3v) is 5.20. The minimum atomic E-state index is -0.264. The van der Waals surface area contributed by atoms with E-state index >= 15 is 0 Å². The van der Waals surface area contributed by atoms with Crippen LogP contribution in [0.25, 0.3) is 0 Å². The van der Waals surface area contributed by atoms with Gasteiger partial charge in [-0.15, -0.1) is 11.3 Å². The van der Waals surface area contributed by atoms with Gasteiger partial charge in [0.2, 0.25) is 0 Å². The Bertz CT molecular complexity index is 717. The zero-order chi connectivity index (χ0) is 15.7. The molecule has 22 heavy (non-hydrogen) atoms. The molecule has 0 radical (unpaired) electrons. The van der Waals surface area contributed by atoms with Gasteiger partial charge in [0.15, 0.2) is 5.13 Å². The van der Waals surface area contributed by atoms with E-state index in [9.17, 15) is 4.79 Å². The number of thiazole rings is 1. The standard InChI is InChI=1S/C15H15Cl2N3OS/c1-2-20-6-5-12-13(8-20)22-15(18-12)19-14(21)10-4-3-9(16)7-11(10)17/h3-4,7H,2,5-6,8H2,1H3,(H,18,19,21). The number of anilines is 1. The van der Waals surface area contributed by atoms with Crippen LogP contribution in [0.15, 0.2) is 18.2 Å². The Morgan fingerprint density at radius 1 is 1.45 bits per heavy atom. The maximum atomic E-state index is 12.3. The summed E-state index contributed by atoms with van der Waals surface area (Å²) in [5, 5.41) is 4.30. The van der Waals surface area contributed by atoms with Crippen molar-refractivity contribution >= 4 is 45.6 Å². The number of hydrogen-bond donors (Lipinski definition) is 1. The molecule has 1 aliphatic heterocycles. The van der Waals surface area contributed by atoms with E-state index in [1.165, 1.54) is 16.2 Å². The SMILES string of the molecule is CCN1CCc2nc(NC(=O)c3ccc(Cl)cc3Cl)sc2C1. The minimum absolute atomic E-state index is 0.264. The second-order valence-corrected chi connectivity index (χ2v) is 7.01. The zero-order valence-corrected chi connectivity index (χ0v) is 14.4. The Morgan fingerprint density at radius 2 is 2.27 bits per heavy atom. The lowest BCUT2D eigenvalue weighted by molar-refractivity contribution is 0.102. The second-order valence-electron chi connectivity index (χ2n) is 5.09. The summed E-state index contributed by atoms with van der Waals surface area (Å²) in [5.41, 5.74) is 1.49. The molecule has 0 saturated carbocycles. The summed E-state index contributed by atoms with van der Waals surface area (Å²) in [4.78, 5) is 20.4. The predicted octanol–water partition coefficient (Wildman–Crippen LogP) is 4.08. The lowest BCUT2D eigenvalue weighted by atomic mass is 10.2. The fraction of sp³-hybridized carbons (Fsp3) is 0.333. The molecular weight excluding hydrogens is 341 g/mol. The Balaban J connectivity index is 1.76. The molecule has 0 fully saturated rings. The molecule has 1 amide bonds. The first-order valence-corrected chi connectivity index (χ1v) is 8.61. The number of carbonyl (C=O) groups is 1. The molecule has 0 unspecified atom stereocenters. The van der Waals surface area contributed by atoms with Gasteiger partial charge in [-0.3, -0.25) is 15.0 Å². The number of fused-ring (bicyclic) bond motifs is 1. The van der Waals surface area contributed by atoms with Gasteiger partial charge in [0.1, 0.15) is 0 Å². The van der Waals surface area contributed by atoms with Crippen molar-refractivity contribution in [2.45, 2.75) is 19.9 Å². The van der Waals surface area contributed by atoms with Gasteiger partial charge in [-0.05, 0) is 24.7 Å². The normalized spacial score (nSPS) is 14.7. The lowest BCUT2D eigenvalue weighted by Crippen LogP contribution is -2.29. The van der Waals surface area contributed by atoms with Crippen LogP contribution in [-0.4, -0.2) is 28.9 Å². The van der Waals surface area contributed by atoms with Crippen LogP contribution in [0.3, 0.4) is 0 Å². The smallest absolute Gasteiger partial charge is 0.258 e. The molecule has 0 saturated heterocycles. The highest BCUT2D eigenvalue weighted by atomic mass is 35.5. The van der Waals surface area contributed by atoms with Crippen LogP contribution in [0, 0.1) is 0 Å². The number of rotatable bonds is 3. The van der Waals surface area contributed by atoms with Gasteiger partial charge in [-0.1, -0.05) is 30.1 Å². The summed E-state index contributed by atoms with van der Waals surface area (Å²) in [7, 11) is 0. The molecule has 1 N–H and O–H groups in total. The monoisotopic (exact) mass is 355 g/mol. The summed E-state index contributed by atoms with van der Waals surface area (Å²) < 4.78 is 0. The predicted molar refractivity (Wildman–Crippen MR) is 91.2 cm³/mol. The molecule has 3 rings (SSSR count). The molecule has 0 spiro atoms. The van der Waals surface area contributed by atoms with Crippen molar-refractivity contribution < 1.29 is 4.79 Å². The minimum Gasteiger partial charge on any atom is -0.298 e. The molecule has 0 bridgehead atoms. The van der Waals surface area contributed by atoms with E-state index in [0.717, 1.165) is 31.7 Å². The van der Waals surface area contributed by atoms with Crippen LogP contribution in [0.4, 0.5) is 5.13 Å². The van der Waals surface area contributed by atoms with Crippen molar-refractivity contribution in [1.82, 2.24) is 9.88 Å². The molecule has 1 aromatic heterocycles. The molecule has 1 aliphatic rings. The number of nitrogens with one attached hydrogen (secondary N) is 1. The summed E-state index contributed by atoms with van der Waals surface area (Å²) >= 11 is 13.4. The van der Waals surface area contributed by atoms with E-state index in [4.69, 9.17) is 23.2 Å². The van der Waals surface area contributed by atoms with Crippen molar-refractivity contribution in [3.05, 3.63) is 44.4 Å². The molecule has 0 atom stereocenters. The summed E-state index contributed by atoms with van der Waals surface area (Å²) in [6.07, 6.45) is 0.928. The first-order valence-electron chi connectivity index (χ1n) is 7.04. The molecule has 116 valence electrons. The van der Waals surface area contributed by atoms with E-state index in [-0.39, 0.29) is 5.91 Å². The van der Waals surface area contributed by atoms with E-state index in [1.54, 1.807) is 18.2 Å². The highest BCUT2D eigenvalue weighted by Gasteiger charge is 2.21. The molecule has 4 nitrogen and oxygen atoms in total. The number of amides is 1. The quantitative estimate of drug-likeness (QED) is 0.901. The van der Waals surface area contributed by atoms with E-state index < -0.39 is 0 Å². The zero-order valence-electron chi connectivity index (χ0n) is 12.0. The van der Waals surface area contributed by atoms with Gasteiger partial charge in [0, 0.05) is 29.4 Å². The average molecular weight is 356 g/mol. The number of hydrogen-bond acceptors (Lipinski definition) is 4. The topological polar surface area (TPSA) is 45.2 Å². The van der Waals surface area contributed by atoms with E-state index in [2.05, 4.69) is 22.1 Å². The highest BCUT2D eigenvalue weighted by molar-refractivity contribution is 7.15. The number of aromatic nitrogens is 1. The number of nitrogens with zero attached hydrogens (tertiary/aromatic N) is 2. The summed E-state index contributed by atoms with van der Waals surface area (Å²) in [6.45, 7) is 5.10. The largest absolute Gasteiger partial charge is 0.298 e. The first-order chi connectivity index (χ1) is 10.6. The van der Waals surface area contributed by atoms with Gasteiger partial charge >= 0.3 is 0 Å². The third-order valence-electron chi connectivity index (χ3n) is 3.65. The van der Waals surface area contributed by atoms with Crippen LogP contribution in [0.5, 0.6) is 0 Å². The maximum absolute atomic E-state index is 12.3. The van der Waals surface area contributed by atoms with Crippen LogP contribution >= 0.6 is 34.5 Å². The third kappa shape index (κ3) is 3.27. The molecular formula is C15H15Cl2N3OS. The Hall–Kier alpha value is -1.14. The average Bonchev–Trinajstić information content (AvgIpc) is 2.87. The fourth-order valence-electron chi connectivity index (χ4n) is 2.41. The van der Waals surface area contributed by atoms with Crippen molar-refractivity contribution in [1.29, 1.82) is 0 Å². The van der Waals surface area contributed by atoms with Crippen LogP contribution in [0.2, 0.25) is 10.0 Å². The molecule has 7 heteroatoms. The van der Waals surface area contributed by atoms with Crippen LogP contribution in [0.1, 0.15) is 27.9 Å². The van der Waals surface area contributed by atoms with Gasteiger partial charge in [-0.2, -0.15) is 0 Å². The van der Waals surface area contributed by atoms with Gasteiger partial charge in [0.05, 0.1) is 16.3 Å². The van der Waals surface area contributed by atoms with Gasteiger partial charge in [0.25, 0.3) is 5.91 Å². The first kappa shape index (κ1) is 15.7. The van der Waals surface area contributed by atoms with Gasteiger partial charge < -0.3 is 0 Å². The number of carbonyl (C=O) groups excluding carboxylic acids is 1. The number of halogens is 2. The lowest BCUT2D eigenvalue weighted by Gasteiger charge is -2.23. The Kier molecular flexibility index (Phi) is 4.68. The van der Waals surface area contributed by atoms with Crippen molar-refractivity contribution in [3.8, 4) is 0 Å². The highest BCUT2D eigenvalue weighted by Crippen LogP contribution is 2.29. The molecule has 2 aromatic rings. The Morgan fingerprint density at radius 3 is 3.00 bits per heavy atom. The van der Waals surface area contributed by atoms with Gasteiger partial charge in [-0.25, -0.2) is 4.98 Å². The van der Waals surface area contributed by atoms with Crippen LogP contribution in [-0.2, 0) is 13.0 Å². The van der Waals surface area contributed by atoms with Crippen molar-refractivity contribution in [2.75, 3.05) is 18.4 Å².